The molecule has 100 valence electrons. The fourth-order valence-electron chi connectivity index (χ4n) is 1.68. The van der Waals surface area contributed by atoms with E-state index in [1.807, 2.05) is 30.3 Å². The predicted octanol–water partition coefficient (Wildman–Crippen LogP) is 3.46. The van der Waals surface area contributed by atoms with Gasteiger partial charge in [0, 0.05) is 23.0 Å². The van der Waals surface area contributed by atoms with Crippen LogP contribution in [-0.2, 0) is 16.4 Å². The Bertz CT molecular complexity index is 683. The maximum atomic E-state index is 11.5. The summed E-state index contributed by atoms with van der Waals surface area (Å²) in [6.45, 7) is 0.634. The Labute approximate surface area is 121 Å². The number of halogens is 1. The molecule has 0 saturated heterocycles. The number of rotatable bonds is 4. The number of sulfone groups is 1. The number of nitrogens with one attached hydrogen (secondary N) is 1. The Hall–Kier alpha value is -1.33. The van der Waals surface area contributed by atoms with Gasteiger partial charge in [0.1, 0.15) is 0 Å². The molecule has 0 heterocycles. The van der Waals surface area contributed by atoms with Crippen molar-refractivity contribution in [3.05, 3.63) is 58.6 Å². The van der Waals surface area contributed by atoms with Gasteiger partial charge in [0.05, 0.1) is 4.90 Å². The molecule has 0 aliphatic carbocycles. The van der Waals surface area contributed by atoms with E-state index in [1.165, 1.54) is 6.26 Å². The summed E-state index contributed by atoms with van der Waals surface area (Å²) >= 11 is 3.48. The highest BCUT2D eigenvalue weighted by Gasteiger charge is 2.07. The summed E-state index contributed by atoms with van der Waals surface area (Å²) in [6, 6.07) is 14.7. The van der Waals surface area contributed by atoms with Crippen molar-refractivity contribution in [1.82, 2.24) is 0 Å². The van der Waals surface area contributed by atoms with Crippen LogP contribution in [0.1, 0.15) is 5.56 Å². The molecule has 0 aromatic heterocycles. The van der Waals surface area contributed by atoms with Crippen LogP contribution in [0.15, 0.2) is 57.9 Å². The average Bonchev–Trinajstić information content (AvgIpc) is 2.37. The molecule has 0 spiro atoms. The van der Waals surface area contributed by atoms with Gasteiger partial charge >= 0.3 is 0 Å². The topological polar surface area (TPSA) is 46.2 Å². The standard InChI is InChI=1S/C14H14BrNO2S/c1-19(17,18)13-7-4-6-12(9-13)16-10-11-5-2-3-8-14(11)15/h2-9,16H,10H2,1H3. The Morgan fingerprint density at radius 1 is 1.11 bits per heavy atom. The summed E-state index contributed by atoms with van der Waals surface area (Å²) in [5.74, 6) is 0. The quantitative estimate of drug-likeness (QED) is 0.927. The van der Waals surface area contributed by atoms with E-state index in [1.54, 1.807) is 18.2 Å². The van der Waals surface area contributed by atoms with Crippen LogP contribution >= 0.6 is 15.9 Å². The van der Waals surface area contributed by atoms with Crippen LogP contribution in [0.4, 0.5) is 5.69 Å². The van der Waals surface area contributed by atoms with Gasteiger partial charge in [0.2, 0.25) is 0 Å². The second kappa shape index (κ2) is 5.75. The third-order valence-corrected chi connectivity index (χ3v) is 4.59. The van der Waals surface area contributed by atoms with Gasteiger partial charge < -0.3 is 5.32 Å². The number of hydrogen-bond acceptors (Lipinski definition) is 3. The van der Waals surface area contributed by atoms with Crippen molar-refractivity contribution in [1.29, 1.82) is 0 Å². The monoisotopic (exact) mass is 339 g/mol. The van der Waals surface area contributed by atoms with E-state index in [0.717, 1.165) is 15.7 Å². The molecular formula is C14H14BrNO2S. The molecular weight excluding hydrogens is 326 g/mol. The van der Waals surface area contributed by atoms with Crippen molar-refractivity contribution >= 4 is 31.5 Å². The molecule has 5 heteroatoms. The molecule has 2 aromatic rings. The first-order valence-electron chi connectivity index (χ1n) is 5.74. The lowest BCUT2D eigenvalue weighted by Gasteiger charge is -2.09. The summed E-state index contributed by atoms with van der Waals surface area (Å²) in [4.78, 5) is 0.324. The van der Waals surface area contributed by atoms with Gasteiger partial charge in [-0.05, 0) is 29.8 Å². The average molecular weight is 340 g/mol. The summed E-state index contributed by atoms with van der Waals surface area (Å²) in [6.07, 6.45) is 1.21. The molecule has 0 amide bonds. The minimum atomic E-state index is -3.17. The summed E-state index contributed by atoms with van der Waals surface area (Å²) < 4.78 is 24.0. The number of hydrogen-bond donors (Lipinski definition) is 1. The van der Waals surface area contributed by atoms with Gasteiger partial charge in [-0.3, -0.25) is 0 Å². The van der Waals surface area contributed by atoms with Gasteiger partial charge in [-0.1, -0.05) is 40.2 Å². The smallest absolute Gasteiger partial charge is 0.175 e. The van der Waals surface area contributed by atoms with Crippen molar-refractivity contribution in [2.24, 2.45) is 0 Å². The summed E-state index contributed by atoms with van der Waals surface area (Å²) in [5, 5.41) is 3.22. The SMILES string of the molecule is CS(=O)(=O)c1cccc(NCc2ccccc2Br)c1. The van der Waals surface area contributed by atoms with E-state index in [0.29, 0.717) is 11.4 Å². The van der Waals surface area contributed by atoms with Crippen molar-refractivity contribution < 1.29 is 8.42 Å². The molecule has 0 fully saturated rings. The molecule has 19 heavy (non-hydrogen) atoms. The minimum Gasteiger partial charge on any atom is -0.381 e. The predicted molar refractivity (Wildman–Crippen MR) is 81.0 cm³/mol. The first-order chi connectivity index (χ1) is 8.97. The lowest BCUT2D eigenvalue weighted by molar-refractivity contribution is 0.602. The second-order valence-corrected chi connectivity index (χ2v) is 7.12. The van der Waals surface area contributed by atoms with Crippen LogP contribution in [0.25, 0.3) is 0 Å². The maximum absolute atomic E-state index is 11.5. The molecule has 0 aliphatic rings. The zero-order valence-electron chi connectivity index (χ0n) is 10.4. The first kappa shape index (κ1) is 14.1. The Balaban J connectivity index is 2.15. The van der Waals surface area contributed by atoms with E-state index < -0.39 is 9.84 Å². The van der Waals surface area contributed by atoms with E-state index in [2.05, 4.69) is 21.2 Å². The normalized spacial score (nSPS) is 11.3. The highest BCUT2D eigenvalue weighted by atomic mass is 79.9. The first-order valence-corrected chi connectivity index (χ1v) is 8.42. The molecule has 0 aliphatic heterocycles. The molecule has 0 saturated carbocycles. The van der Waals surface area contributed by atoms with E-state index in [4.69, 9.17) is 0 Å². The van der Waals surface area contributed by atoms with Crippen molar-refractivity contribution in [3.8, 4) is 0 Å². The fourth-order valence-corrected chi connectivity index (χ4v) is 2.77. The zero-order valence-corrected chi connectivity index (χ0v) is 12.8. The van der Waals surface area contributed by atoms with Gasteiger partial charge in [-0.15, -0.1) is 0 Å². The molecule has 0 atom stereocenters. The van der Waals surface area contributed by atoms with Crippen molar-refractivity contribution in [2.45, 2.75) is 11.4 Å². The molecule has 0 radical (unpaired) electrons. The van der Waals surface area contributed by atoms with E-state index >= 15 is 0 Å². The van der Waals surface area contributed by atoms with Gasteiger partial charge in [-0.25, -0.2) is 8.42 Å². The largest absolute Gasteiger partial charge is 0.381 e. The van der Waals surface area contributed by atoms with Crippen LogP contribution in [-0.4, -0.2) is 14.7 Å². The molecule has 2 rings (SSSR count). The Kier molecular flexibility index (Phi) is 4.27. The van der Waals surface area contributed by atoms with Gasteiger partial charge in [0.15, 0.2) is 9.84 Å². The van der Waals surface area contributed by atoms with E-state index in [-0.39, 0.29) is 0 Å². The third-order valence-electron chi connectivity index (χ3n) is 2.70. The van der Waals surface area contributed by atoms with Crippen LogP contribution < -0.4 is 5.32 Å². The second-order valence-electron chi connectivity index (χ2n) is 4.24. The van der Waals surface area contributed by atoms with Crippen LogP contribution in [0.3, 0.4) is 0 Å². The van der Waals surface area contributed by atoms with E-state index in [9.17, 15) is 8.42 Å². The molecule has 0 bridgehead atoms. The summed E-state index contributed by atoms with van der Waals surface area (Å²) in [7, 11) is -3.17. The molecule has 3 nitrogen and oxygen atoms in total. The Morgan fingerprint density at radius 2 is 1.84 bits per heavy atom. The molecule has 2 aromatic carbocycles. The summed E-state index contributed by atoms with van der Waals surface area (Å²) in [5.41, 5.74) is 1.91. The van der Waals surface area contributed by atoms with Crippen LogP contribution in [0, 0.1) is 0 Å². The zero-order chi connectivity index (χ0) is 13.9. The maximum Gasteiger partial charge on any atom is 0.175 e. The fraction of sp³-hybridized carbons (Fsp3) is 0.143. The Morgan fingerprint density at radius 3 is 2.53 bits per heavy atom. The number of benzene rings is 2. The van der Waals surface area contributed by atoms with Crippen molar-refractivity contribution in [2.75, 3.05) is 11.6 Å². The number of anilines is 1. The van der Waals surface area contributed by atoms with Crippen molar-refractivity contribution in [3.63, 3.8) is 0 Å². The lowest BCUT2D eigenvalue weighted by Crippen LogP contribution is -2.02. The highest BCUT2D eigenvalue weighted by Crippen LogP contribution is 2.19. The van der Waals surface area contributed by atoms with Crippen LogP contribution in [0.5, 0.6) is 0 Å². The third kappa shape index (κ3) is 3.81. The van der Waals surface area contributed by atoms with Gasteiger partial charge in [0.25, 0.3) is 0 Å². The van der Waals surface area contributed by atoms with Gasteiger partial charge in [-0.2, -0.15) is 0 Å². The molecule has 1 N–H and O–H groups in total. The lowest BCUT2D eigenvalue weighted by atomic mass is 10.2. The van der Waals surface area contributed by atoms with Crippen LogP contribution in [0.2, 0.25) is 0 Å². The highest BCUT2D eigenvalue weighted by molar-refractivity contribution is 9.10. The molecule has 0 unspecified atom stereocenters. The minimum absolute atomic E-state index is 0.324.